The fourth-order valence-corrected chi connectivity index (χ4v) is 2.97. The first-order valence-corrected chi connectivity index (χ1v) is 9.96. The molecule has 0 saturated carbocycles. The summed E-state index contributed by atoms with van der Waals surface area (Å²) in [6, 6.07) is 7.14. The van der Waals surface area contributed by atoms with E-state index < -0.39 is 5.60 Å². The van der Waals surface area contributed by atoms with E-state index in [9.17, 15) is 4.79 Å². The lowest BCUT2D eigenvalue weighted by Crippen LogP contribution is -2.23. The van der Waals surface area contributed by atoms with Crippen molar-refractivity contribution in [2.75, 3.05) is 17.6 Å². The molecule has 28 heavy (non-hydrogen) atoms. The van der Waals surface area contributed by atoms with Crippen molar-refractivity contribution in [3.8, 4) is 11.3 Å². The second-order valence-electron chi connectivity index (χ2n) is 7.42. The Labute approximate surface area is 175 Å². The van der Waals surface area contributed by atoms with Gasteiger partial charge >= 0.3 is 5.97 Å². The number of nitrogens with one attached hydrogen (secondary N) is 1. The molecule has 0 fully saturated rings. The average molecular weight is 425 g/mol. The summed E-state index contributed by atoms with van der Waals surface area (Å²) in [6.07, 6.45) is 3.00. The van der Waals surface area contributed by atoms with E-state index in [2.05, 4.69) is 15.3 Å². The lowest BCUT2D eigenvalue weighted by atomic mass is 10.1. The van der Waals surface area contributed by atoms with Crippen LogP contribution in [0.5, 0.6) is 0 Å². The third-order valence-corrected chi connectivity index (χ3v) is 4.57. The Morgan fingerprint density at radius 1 is 1.18 bits per heavy atom. The molecule has 3 N–H and O–H groups in total. The molecule has 152 valence electrons. The zero-order valence-corrected chi connectivity index (χ0v) is 17.9. The van der Waals surface area contributed by atoms with Crippen LogP contribution in [0.4, 0.5) is 11.8 Å². The second-order valence-corrected chi connectivity index (χ2v) is 8.21. The summed E-state index contributed by atoms with van der Waals surface area (Å²) in [5, 5.41) is 4.11. The normalized spacial score (nSPS) is 11.3. The third kappa shape index (κ3) is 7.17. The van der Waals surface area contributed by atoms with Gasteiger partial charge in [-0.2, -0.15) is 4.98 Å². The molecule has 8 heteroatoms. The molecule has 0 radical (unpaired) electrons. The zero-order chi connectivity index (χ0) is 20.7. The minimum Gasteiger partial charge on any atom is -0.460 e. The van der Waals surface area contributed by atoms with Crippen molar-refractivity contribution in [2.45, 2.75) is 52.1 Å². The number of aromatic nitrogens is 2. The van der Waals surface area contributed by atoms with Gasteiger partial charge in [0.15, 0.2) is 0 Å². The maximum Gasteiger partial charge on any atom is 0.306 e. The molecule has 1 heterocycles. The first-order valence-electron chi connectivity index (χ1n) is 9.20. The molecule has 2 aromatic rings. The van der Waals surface area contributed by atoms with Gasteiger partial charge in [-0.15, -0.1) is 0 Å². The highest BCUT2D eigenvalue weighted by molar-refractivity contribution is 6.43. The van der Waals surface area contributed by atoms with E-state index in [1.807, 2.05) is 26.8 Å². The SMILES string of the molecule is CC(C)(C)OC(=O)CCCCCNc1cc(-c2cccc(Cl)c2Cl)nc(N)n1. The van der Waals surface area contributed by atoms with Crippen LogP contribution in [0.2, 0.25) is 10.0 Å². The van der Waals surface area contributed by atoms with Gasteiger partial charge < -0.3 is 15.8 Å². The number of nitrogens with two attached hydrogens (primary N) is 1. The summed E-state index contributed by atoms with van der Waals surface area (Å²) in [5.74, 6) is 0.610. The summed E-state index contributed by atoms with van der Waals surface area (Å²) in [6.45, 7) is 6.31. The molecule has 1 aromatic carbocycles. The Bertz CT molecular complexity index is 822. The van der Waals surface area contributed by atoms with Crippen LogP contribution in [0.1, 0.15) is 46.5 Å². The molecular weight excluding hydrogens is 399 g/mol. The zero-order valence-electron chi connectivity index (χ0n) is 16.4. The highest BCUT2D eigenvalue weighted by Crippen LogP contribution is 2.33. The maximum absolute atomic E-state index is 11.7. The summed E-state index contributed by atoms with van der Waals surface area (Å²) in [7, 11) is 0. The van der Waals surface area contributed by atoms with Crippen LogP contribution in [-0.4, -0.2) is 28.1 Å². The predicted molar refractivity (Wildman–Crippen MR) is 115 cm³/mol. The van der Waals surface area contributed by atoms with Gasteiger partial charge in [-0.05, 0) is 39.7 Å². The van der Waals surface area contributed by atoms with Crippen molar-refractivity contribution in [2.24, 2.45) is 0 Å². The largest absolute Gasteiger partial charge is 0.460 e. The number of carbonyl (C=O) groups is 1. The number of hydrogen-bond acceptors (Lipinski definition) is 6. The van der Waals surface area contributed by atoms with Gasteiger partial charge in [0, 0.05) is 24.6 Å². The first-order chi connectivity index (χ1) is 13.2. The molecular formula is C20H26Cl2N4O2. The van der Waals surface area contributed by atoms with E-state index in [4.69, 9.17) is 33.7 Å². The third-order valence-electron chi connectivity index (χ3n) is 3.75. The molecule has 0 atom stereocenters. The van der Waals surface area contributed by atoms with Crippen molar-refractivity contribution in [1.29, 1.82) is 0 Å². The number of nitrogens with zero attached hydrogens (tertiary/aromatic N) is 2. The number of rotatable bonds is 8. The van der Waals surface area contributed by atoms with Gasteiger partial charge in [-0.3, -0.25) is 4.79 Å². The van der Waals surface area contributed by atoms with Gasteiger partial charge in [0.2, 0.25) is 5.95 Å². The van der Waals surface area contributed by atoms with Gasteiger partial charge in [0.1, 0.15) is 11.4 Å². The van der Waals surface area contributed by atoms with E-state index in [1.54, 1.807) is 18.2 Å². The average Bonchev–Trinajstić information content (AvgIpc) is 2.58. The molecule has 0 aliphatic rings. The standard InChI is InChI=1S/C20H26Cl2N4O2/c1-20(2,3)28-17(27)10-5-4-6-11-24-16-12-15(25-19(23)26-16)13-8-7-9-14(21)18(13)22/h7-9,12H,4-6,10-11H2,1-3H3,(H3,23,24,25,26). The Kier molecular flexibility index (Phi) is 7.89. The molecule has 0 bridgehead atoms. The van der Waals surface area contributed by atoms with Gasteiger partial charge in [0.25, 0.3) is 0 Å². The van der Waals surface area contributed by atoms with Crippen LogP contribution < -0.4 is 11.1 Å². The van der Waals surface area contributed by atoms with E-state index in [0.29, 0.717) is 40.1 Å². The predicted octanol–water partition coefficient (Wildman–Crippen LogP) is 5.35. The summed E-state index contributed by atoms with van der Waals surface area (Å²) in [5.41, 5.74) is 6.70. The van der Waals surface area contributed by atoms with Crippen molar-refractivity contribution in [3.63, 3.8) is 0 Å². The van der Waals surface area contributed by atoms with Crippen LogP contribution in [0, 0.1) is 0 Å². The summed E-state index contributed by atoms with van der Waals surface area (Å²) >= 11 is 12.3. The number of unbranched alkanes of at least 4 members (excludes halogenated alkanes) is 2. The summed E-state index contributed by atoms with van der Waals surface area (Å²) in [4.78, 5) is 20.1. The van der Waals surface area contributed by atoms with Gasteiger partial charge in [-0.25, -0.2) is 4.98 Å². The summed E-state index contributed by atoms with van der Waals surface area (Å²) < 4.78 is 5.29. The lowest BCUT2D eigenvalue weighted by Gasteiger charge is -2.19. The quantitative estimate of drug-likeness (QED) is 0.438. The van der Waals surface area contributed by atoms with E-state index in [-0.39, 0.29) is 11.9 Å². The highest BCUT2D eigenvalue weighted by atomic mass is 35.5. The number of esters is 1. The van der Waals surface area contributed by atoms with Crippen molar-refractivity contribution < 1.29 is 9.53 Å². The van der Waals surface area contributed by atoms with Gasteiger partial charge in [0.05, 0.1) is 15.7 Å². The number of benzene rings is 1. The van der Waals surface area contributed by atoms with E-state index in [1.165, 1.54) is 0 Å². The molecule has 0 unspecified atom stereocenters. The molecule has 1 aromatic heterocycles. The van der Waals surface area contributed by atoms with Crippen LogP contribution in [0.25, 0.3) is 11.3 Å². The Hall–Kier alpha value is -2.05. The monoisotopic (exact) mass is 424 g/mol. The highest BCUT2D eigenvalue weighted by Gasteiger charge is 2.15. The minimum atomic E-state index is -0.435. The number of ether oxygens (including phenoxy) is 1. The number of anilines is 2. The van der Waals surface area contributed by atoms with Crippen LogP contribution in [0.15, 0.2) is 24.3 Å². The van der Waals surface area contributed by atoms with Crippen molar-refractivity contribution >= 4 is 40.9 Å². The molecule has 0 aliphatic carbocycles. The Balaban J connectivity index is 1.84. The Morgan fingerprint density at radius 3 is 2.64 bits per heavy atom. The lowest BCUT2D eigenvalue weighted by molar-refractivity contribution is -0.154. The first kappa shape index (κ1) is 22.2. The number of carbonyl (C=O) groups excluding carboxylic acids is 1. The number of halogens is 2. The maximum atomic E-state index is 11.7. The minimum absolute atomic E-state index is 0.154. The van der Waals surface area contributed by atoms with E-state index >= 15 is 0 Å². The molecule has 0 spiro atoms. The van der Waals surface area contributed by atoms with E-state index in [0.717, 1.165) is 19.3 Å². The van der Waals surface area contributed by atoms with Crippen LogP contribution in [0.3, 0.4) is 0 Å². The van der Waals surface area contributed by atoms with Crippen LogP contribution in [-0.2, 0) is 9.53 Å². The molecule has 2 rings (SSSR count). The molecule has 6 nitrogen and oxygen atoms in total. The fourth-order valence-electron chi connectivity index (χ4n) is 2.58. The van der Waals surface area contributed by atoms with Gasteiger partial charge in [-0.1, -0.05) is 41.8 Å². The second kappa shape index (κ2) is 9.94. The molecule has 0 saturated heterocycles. The smallest absolute Gasteiger partial charge is 0.306 e. The van der Waals surface area contributed by atoms with Crippen LogP contribution >= 0.6 is 23.2 Å². The van der Waals surface area contributed by atoms with Crippen molar-refractivity contribution in [3.05, 3.63) is 34.3 Å². The topological polar surface area (TPSA) is 90.1 Å². The number of nitrogen functional groups attached to an aromatic ring is 1. The Morgan fingerprint density at radius 2 is 1.93 bits per heavy atom. The molecule has 0 aliphatic heterocycles. The fraction of sp³-hybridized carbons (Fsp3) is 0.450. The number of hydrogen-bond donors (Lipinski definition) is 2. The van der Waals surface area contributed by atoms with Crippen molar-refractivity contribution in [1.82, 2.24) is 9.97 Å². The molecule has 0 amide bonds.